The highest BCUT2D eigenvalue weighted by Crippen LogP contribution is 2.21. The van der Waals surface area contributed by atoms with Gasteiger partial charge in [-0.3, -0.25) is 9.55 Å². The Morgan fingerprint density at radius 2 is 1.76 bits per heavy atom. The van der Waals surface area contributed by atoms with Crippen LogP contribution in [-0.4, -0.2) is 15.6 Å². The van der Waals surface area contributed by atoms with E-state index < -0.39 is 0 Å². The SMILES string of the molecule is Cc1cc(-c2ccccc2)cn1C(=O)Nc1ccncc1. The molecule has 4 nitrogen and oxygen atoms in total. The lowest BCUT2D eigenvalue weighted by Crippen LogP contribution is -2.19. The Balaban J connectivity index is 1.86. The fourth-order valence-electron chi connectivity index (χ4n) is 2.20. The average molecular weight is 277 g/mol. The normalized spacial score (nSPS) is 10.3. The molecule has 2 aromatic heterocycles. The van der Waals surface area contributed by atoms with E-state index in [0.717, 1.165) is 22.5 Å². The molecule has 4 heteroatoms. The van der Waals surface area contributed by atoms with E-state index in [1.807, 2.05) is 49.5 Å². The number of benzene rings is 1. The van der Waals surface area contributed by atoms with Gasteiger partial charge in [-0.15, -0.1) is 0 Å². The predicted molar refractivity (Wildman–Crippen MR) is 83.3 cm³/mol. The lowest BCUT2D eigenvalue weighted by atomic mass is 10.1. The summed E-state index contributed by atoms with van der Waals surface area (Å²) in [5, 5.41) is 2.85. The number of carbonyl (C=O) groups excluding carboxylic acids is 1. The van der Waals surface area contributed by atoms with Crippen LogP contribution >= 0.6 is 0 Å². The van der Waals surface area contributed by atoms with E-state index in [1.54, 1.807) is 29.1 Å². The van der Waals surface area contributed by atoms with Crippen LogP contribution in [0, 0.1) is 6.92 Å². The smallest absolute Gasteiger partial charge is 0.307 e. The molecule has 2 heterocycles. The van der Waals surface area contributed by atoms with Gasteiger partial charge in [-0.05, 0) is 30.7 Å². The fourth-order valence-corrected chi connectivity index (χ4v) is 2.20. The molecule has 0 spiro atoms. The Morgan fingerprint density at radius 1 is 1.05 bits per heavy atom. The predicted octanol–water partition coefficient (Wildman–Crippen LogP) is 3.94. The summed E-state index contributed by atoms with van der Waals surface area (Å²) < 4.78 is 1.61. The minimum atomic E-state index is -0.180. The molecule has 0 unspecified atom stereocenters. The van der Waals surface area contributed by atoms with Gasteiger partial charge in [0, 0.05) is 35.5 Å². The number of hydrogen-bond donors (Lipinski definition) is 1. The van der Waals surface area contributed by atoms with Crippen molar-refractivity contribution in [3.8, 4) is 11.1 Å². The van der Waals surface area contributed by atoms with Crippen molar-refractivity contribution in [2.24, 2.45) is 0 Å². The molecule has 3 aromatic rings. The summed E-state index contributed by atoms with van der Waals surface area (Å²) in [7, 11) is 0. The number of rotatable bonds is 2. The molecule has 0 atom stereocenters. The highest BCUT2D eigenvalue weighted by atomic mass is 16.2. The number of amides is 1. The summed E-state index contributed by atoms with van der Waals surface area (Å²) in [6.07, 6.45) is 5.14. The molecule has 3 rings (SSSR count). The third-order valence-corrected chi connectivity index (χ3v) is 3.27. The quantitative estimate of drug-likeness (QED) is 0.771. The Labute approximate surface area is 123 Å². The molecule has 0 aliphatic rings. The molecule has 0 aliphatic carbocycles. The number of carbonyl (C=O) groups is 1. The van der Waals surface area contributed by atoms with Crippen molar-refractivity contribution in [3.05, 3.63) is 72.8 Å². The minimum absolute atomic E-state index is 0.180. The van der Waals surface area contributed by atoms with Crippen molar-refractivity contribution in [1.29, 1.82) is 0 Å². The number of aryl methyl sites for hydroxylation is 1. The van der Waals surface area contributed by atoms with Crippen LogP contribution in [0.3, 0.4) is 0 Å². The van der Waals surface area contributed by atoms with Crippen LogP contribution in [0.4, 0.5) is 10.5 Å². The van der Waals surface area contributed by atoms with Crippen LogP contribution in [0.1, 0.15) is 5.69 Å². The van der Waals surface area contributed by atoms with Crippen LogP contribution in [0.25, 0.3) is 11.1 Å². The fraction of sp³-hybridized carbons (Fsp3) is 0.0588. The standard InChI is InChI=1S/C17H15N3O/c1-13-11-15(14-5-3-2-4-6-14)12-20(13)17(21)19-16-7-9-18-10-8-16/h2-12H,1H3,(H,18,19,21). The van der Waals surface area contributed by atoms with Gasteiger partial charge in [0.15, 0.2) is 0 Å². The van der Waals surface area contributed by atoms with Gasteiger partial charge >= 0.3 is 6.03 Å². The molecule has 21 heavy (non-hydrogen) atoms. The maximum Gasteiger partial charge on any atom is 0.330 e. The molecule has 104 valence electrons. The van der Waals surface area contributed by atoms with Crippen molar-refractivity contribution >= 4 is 11.7 Å². The van der Waals surface area contributed by atoms with E-state index in [2.05, 4.69) is 10.3 Å². The van der Waals surface area contributed by atoms with Gasteiger partial charge in [0.05, 0.1) is 0 Å². The summed E-state index contributed by atoms with van der Waals surface area (Å²) >= 11 is 0. The third kappa shape index (κ3) is 2.84. The first kappa shape index (κ1) is 13.1. The van der Waals surface area contributed by atoms with Gasteiger partial charge in [0.25, 0.3) is 0 Å². The molecule has 1 aromatic carbocycles. The maximum absolute atomic E-state index is 12.3. The first-order valence-corrected chi connectivity index (χ1v) is 6.70. The number of hydrogen-bond acceptors (Lipinski definition) is 2. The van der Waals surface area contributed by atoms with Crippen LogP contribution in [0.5, 0.6) is 0 Å². The van der Waals surface area contributed by atoms with Gasteiger partial charge in [0.1, 0.15) is 0 Å². The highest BCUT2D eigenvalue weighted by molar-refractivity contribution is 5.92. The van der Waals surface area contributed by atoms with Crippen LogP contribution in [-0.2, 0) is 0 Å². The zero-order valence-electron chi connectivity index (χ0n) is 11.7. The van der Waals surface area contributed by atoms with E-state index in [0.29, 0.717) is 0 Å². The van der Waals surface area contributed by atoms with Gasteiger partial charge in [0.2, 0.25) is 0 Å². The number of pyridine rings is 1. The number of aromatic nitrogens is 2. The summed E-state index contributed by atoms with van der Waals surface area (Å²) in [5.41, 5.74) is 3.74. The molecule has 0 bridgehead atoms. The minimum Gasteiger partial charge on any atom is -0.307 e. The summed E-state index contributed by atoms with van der Waals surface area (Å²) in [4.78, 5) is 16.2. The maximum atomic E-state index is 12.3. The van der Waals surface area contributed by atoms with E-state index in [1.165, 1.54) is 0 Å². The molecule has 1 N–H and O–H groups in total. The zero-order chi connectivity index (χ0) is 14.7. The van der Waals surface area contributed by atoms with Crippen molar-refractivity contribution < 1.29 is 4.79 Å². The van der Waals surface area contributed by atoms with Crippen LogP contribution in [0.15, 0.2) is 67.1 Å². The summed E-state index contributed by atoms with van der Waals surface area (Å²) in [6, 6.07) is 15.3. The van der Waals surface area contributed by atoms with E-state index in [9.17, 15) is 4.79 Å². The summed E-state index contributed by atoms with van der Waals surface area (Å²) in [5.74, 6) is 0. The molecular formula is C17H15N3O. The highest BCUT2D eigenvalue weighted by Gasteiger charge is 2.10. The van der Waals surface area contributed by atoms with Crippen LogP contribution < -0.4 is 5.32 Å². The molecular weight excluding hydrogens is 262 g/mol. The van der Waals surface area contributed by atoms with E-state index in [-0.39, 0.29) is 6.03 Å². The molecule has 0 radical (unpaired) electrons. The lowest BCUT2D eigenvalue weighted by molar-refractivity contribution is 0.253. The number of anilines is 1. The van der Waals surface area contributed by atoms with Crippen LogP contribution in [0.2, 0.25) is 0 Å². The Hall–Kier alpha value is -2.88. The number of nitrogens with zero attached hydrogens (tertiary/aromatic N) is 2. The lowest BCUT2D eigenvalue weighted by Gasteiger charge is -2.06. The topological polar surface area (TPSA) is 46.9 Å². The van der Waals surface area contributed by atoms with Crippen molar-refractivity contribution in [2.75, 3.05) is 5.32 Å². The first-order chi connectivity index (χ1) is 10.2. The van der Waals surface area contributed by atoms with Gasteiger partial charge < -0.3 is 5.32 Å². The second-order valence-electron chi connectivity index (χ2n) is 4.77. The largest absolute Gasteiger partial charge is 0.330 e. The Morgan fingerprint density at radius 3 is 2.48 bits per heavy atom. The third-order valence-electron chi connectivity index (χ3n) is 3.27. The Kier molecular flexibility index (Phi) is 3.51. The average Bonchev–Trinajstić information content (AvgIpc) is 2.91. The van der Waals surface area contributed by atoms with Gasteiger partial charge in [-0.2, -0.15) is 0 Å². The second kappa shape index (κ2) is 5.63. The molecule has 1 amide bonds. The molecule has 0 saturated carbocycles. The second-order valence-corrected chi connectivity index (χ2v) is 4.77. The van der Waals surface area contributed by atoms with Crippen molar-refractivity contribution in [2.45, 2.75) is 6.92 Å². The number of nitrogens with one attached hydrogen (secondary N) is 1. The van der Waals surface area contributed by atoms with Gasteiger partial charge in [-0.25, -0.2) is 4.79 Å². The van der Waals surface area contributed by atoms with Crippen molar-refractivity contribution in [1.82, 2.24) is 9.55 Å². The zero-order valence-corrected chi connectivity index (χ0v) is 11.7. The Bertz CT molecular complexity index is 748. The van der Waals surface area contributed by atoms with E-state index >= 15 is 0 Å². The van der Waals surface area contributed by atoms with E-state index in [4.69, 9.17) is 0 Å². The molecule has 0 saturated heterocycles. The first-order valence-electron chi connectivity index (χ1n) is 6.70. The summed E-state index contributed by atoms with van der Waals surface area (Å²) in [6.45, 7) is 1.92. The van der Waals surface area contributed by atoms with Crippen molar-refractivity contribution in [3.63, 3.8) is 0 Å². The molecule has 0 fully saturated rings. The van der Waals surface area contributed by atoms with Gasteiger partial charge in [-0.1, -0.05) is 30.3 Å². The monoisotopic (exact) mass is 277 g/mol. The molecule has 0 aliphatic heterocycles.